The maximum Gasteiger partial charge on any atom is 0.219 e. The Labute approximate surface area is 114 Å². The molecule has 1 aromatic rings. The fraction of sp³-hybridized carbons (Fsp3) is 0.571. The van der Waals surface area contributed by atoms with Crippen LogP contribution in [0, 0.1) is 0 Å². The van der Waals surface area contributed by atoms with Gasteiger partial charge in [-0.1, -0.05) is 0 Å². The maximum atomic E-state index is 11.2. The van der Waals surface area contributed by atoms with E-state index in [4.69, 9.17) is 4.74 Å². The van der Waals surface area contributed by atoms with E-state index < -0.39 is 0 Å². The zero-order valence-corrected chi connectivity index (χ0v) is 11.6. The van der Waals surface area contributed by atoms with Gasteiger partial charge in [-0.2, -0.15) is 0 Å². The highest BCUT2D eigenvalue weighted by molar-refractivity contribution is 5.73. The lowest BCUT2D eigenvalue weighted by molar-refractivity contribution is -0.129. The van der Waals surface area contributed by atoms with E-state index in [1.54, 1.807) is 13.1 Å². The SMILES string of the molecule is CCOc1ccc(NC2CCN(C(C)=O)CC2)cn1. The van der Waals surface area contributed by atoms with Crippen molar-refractivity contribution in [3.05, 3.63) is 18.3 Å². The molecular formula is C14H21N3O2. The number of nitrogens with zero attached hydrogens (tertiary/aromatic N) is 2. The molecule has 104 valence electrons. The Morgan fingerprint density at radius 1 is 1.47 bits per heavy atom. The van der Waals surface area contributed by atoms with Crippen LogP contribution >= 0.6 is 0 Å². The van der Waals surface area contributed by atoms with E-state index in [0.29, 0.717) is 18.5 Å². The van der Waals surface area contributed by atoms with Crippen molar-refractivity contribution in [2.45, 2.75) is 32.7 Å². The van der Waals surface area contributed by atoms with Crippen LogP contribution in [0.5, 0.6) is 5.88 Å². The molecule has 0 bridgehead atoms. The molecular weight excluding hydrogens is 242 g/mol. The van der Waals surface area contributed by atoms with Gasteiger partial charge in [0, 0.05) is 32.1 Å². The van der Waals surface area contributed by atoms with Crippen LogP contribution in [-0.2, 0) is 4.79 Å². The van der Waals surface area contributed by atoms with Gasteiger partial charge in [0.15, 0.2) is 0 Å². The lowest BCUT2D eigenvalue weighted by atomic mass is 10.0. The average Bonchev–Trinajstić information content (AvgIpc) is 2.42. The topological polar surface area (TPSA) is 54.5 Å². The van der Waals surface area contributed by atoms with Gasteiger partial charge < -0.3 is 15.0 Å². The number of rotatable bonds is 4. The molecule has 2 heterocycles. The molecule has 0 aliphatic carbocycles. The quantitative estimate of drug-likeness (QED) is 0.901. The van der Waals surface area contributed by atoms with Crippen molar-refractivity contribution >= 4 is 11.6 Å². The molecule has 1 fully saturated rings. The second kappa shape index (κ2) is 6.41. The molecule has 0 radical (unpaired) electrons. The normalized spacial score (nSPS) is 16.2. The summed E-state index contributed by atoms with van der Waals surface area (Å²) in [6, 6.07) is 4.27. The van der Waals surface area contributed by atoms with E-state index in [2.05, 4.69) is 10.3 Å². The number of carbonyl (C=O) groups is 1. The Hall–Kier alpha value is -1.78. The number of hydrogen-bond donors (Lipinski definition) is 1. The van der Waals surface area contributed by atoms with Gasteiger partial charge in [0.2, 0.25) is 11.8 Å². The number of pyridine rings is 1. The van der Waals surface area contributed by atoms with Gasteiger partial charge in [-0.3, -0.25) is 4.79 Å². The lowest BCUT2D eigenvalue weighted by Crippen LogP contribution is -2.41. The minimum atomic E-state index is 0.168. The molecule has 5 nitrogen and oxygen atoms in total. The number of aromatic nitrogens is 1. The molecule has 1 aliphatic heterocycles. The van der Waals surface area contributed by atoms with Crippen LogP contribution in [0.3, 0.4) is 0 Å². The third-order valence-corrected chi connectivity index (χ3v) is 3.34. The summed E-state index contributed by atoms with van der Waals surface area (Å²) in [4.78, 5) is 17.4. The largest absolute Gasteiger partial charge is 0.478 e. The van der Waals surface area contributed by atoms with Gasteiger partial charge in [0.25, 0.3) is 0 Å². The molecule has 0 aromatic carbocycles. The Balaban J connectivity index is 1.83. The van der Waals surface area contributed by atoms with Gasteiger partial charge in [0.05, 0.1) is 18.5 Å². The summed E-state index contributed by atoms with van der Waals surface area (Å²) >= 11 is 0. The highest BCUT2D eigenvalue weighted by Crippen LogP contribution is 2.17. The number of likely N-dealkylation sites (tertiary alicyclic amines) is 1. The van der Waals surface area contributed by atoms with Crippen molar-refractivity contribution in [3.8, 4) is 5.88 Å². The first-order chi connectivity index (χ1) is 9.19. The van der Waals surface area contributed by atoms with Crippen LogP contribution in [0.4, 0.5) is 5.69 Å². The van der Waals surface area contributed by atoms with Gasteiger partial charge in [-0.15, -0.1) is 0 Å². The number of carbonyl (C=O) groups excluding carboxylic acids is 1. The molecule has 5 heteroatoms. The minimum Gasteiger partial charge on any atom is -0.478 e. The summed E-state index contributed by atoms with van der Waals surface area (Å²) in [7, 11) is 0. The highest BCUT2D eigenvalue weighted by atomic mass is 16.5. The first-order valence-electron chi connectivity index (χ1n) is 6.80. The first-order valence-corrected chi connectivity index (χ1v) is 6.80. The van der Waals surface area contributed by atoms with Crippen LogP contribution < -0.4 is 10.1 Å². The summed E-state index contributed by atoms with van der Waals surface area (Å²) in [6.07, 6.45) is 3.75. The number of amides is 1. The number of nitrogens with one attached hydrogen (secondary N) is 1. The third kappa shape index (κ3) is 3.84. The van der Waals surface area contributed by atoms with Gasteiger partial charge in [-0.05, 0) is 25.8 Å². The van der Waals surface area contributed by atoms with Crippen LogP contribution in [0.2, 0.25) is 0 Å². The molecule has 2 rings (SSSR count). The zero-order chi connectivity index (χ0) is 13.7. The monoisotopic (exact) mass is 263 g/mol. The van der Waals surface area contributed by atoms with Gasteiger partial charge >= 0.3 is 0 Å². The van der Waals surface area contributed by atoms with E-state index in [1.807, 2.05) is 24.0 Å². The predicted molar refractivity (Wildman–Crippen MR) is 74.3 cm³/mol. The van der Waals surface area contributed by atoms with Crippen LogP contribution in [0.1, 0.15) is 26.7 Å². The van der Waals surface area contributed by atoms with E-state index in [-0.39, 0.29) is 5.91 Å². The number of anilines is 1. The molecule has 1 saturated heterocycles. The van der Waals surface area contributed by atoms with Crippen molar-refractivity contribution in [2.75, 3.05) is 25.0 Å². The molecule has 0 spiro atoms. The number of ether oxygens (including phenoxy) is 1. The Morgan fingerprint density at radius 3 is 2.74 bits per heavy atom. The summed E-state index contributed by atoms with van der Waals surface area (Å²) in [5, 5.41) is 3.45. The predicted octanol–water partition coefficient (Wildman–Crippen LogP) is 1.90. The summed E-state index contributed by atoms with van der Waals surface area (Å²) in [5.41, 5.74) is 1.00. The van der Waals surface area contributed by atoms with Crippen LogP contribution in [-0.4, -0.2) is 41.5 Å². The maximum absolute atomic E-state index is 11.2. The van der Waals surface area contributed by atoms with Crippen molar-refractivity contribution in [1.29, 1.82) is 0 Å². The van der Waals surface area contributed by atoms with Crippen molar-refractivity contribution in [1.82, 2.24) is 9.88 Å². The standard InChI is InChI=1S/C14H21N3O2/c1-3-19-14-5-4-13(10-15-14)16-12-6-8-17(9-7-12)11(2)18/h4-5,10,12,16H,3,6-9H2,1-2H3. The Morgan fingerprint density at radius 2 is 2.21 bits per heavy atom. The lowest BCUT2D eigenvalue weighted by Gasteiger charge is -2.32. The van der Waals surface area contributed by atoms with E-state index in [9.17, 15) is 4.79 Å². The Bertz CT molecular complexity index is 411. The summed E-state index contributed by atoms with van der Waals surface area (Å²) in [6.45, 7) is 5.86. The Kier molecular flexibility index (Phi) is 4.60. The summed E-state index contributed by atoms with van der Waals surface area (Å²) < 4.78 is 5.31. The van der Waals surface area contributed by atoms with Crippen LogP contribution in [0.25, 0.3) is 0 Å². The van der Waals surface area contributed by atoms with Gasteiger partial charge in [-0.25, -0.2) is 4.98 Å². The molecule has 0 saturated carbocycles. The van der Waals surface area contributed by atoms with E-state index in [1.165, 1.54) is 0 Å². The van der Waals surface area contributed by atoms with Gasteiger partial charge in [0.1, 0.15) is 0 Å². The molecule has 19 heavy (non-hydrogen) atoms. The summed E-state index contributed by atoms with van der Waals surface area (Å²) in [5.74, 6) is 0.820. The van der Waals surface area contributed by atoms with Crippen molar-refractivity contribution in [2.24, 2.45) is 0 Å². The third-order valence-electron chi connectivity index (χ3n) is 3.34. The minimum absolute atomic E-state index is 0.168. The average molecular weight is 263 g/mol. The first kappa shape index (κ1) is 13.6. The molecule has 0 unspecified atom stereocenters. The molecule has 1 amide bonds. The fourth-order valence-corrected chi connectivity index (χ4v) is 2.27. The molecule has 1 aliphatic rings. The van der Waals surface area contributed by atoms with Crippen molar-refractivity contribution < 1.29 is 9.53 Å². The highest BCUT2D eigenvalue weighted by Gasteiger charge is 2.20. The van der Waals surface area contributed by atoms with E-state index >= 15 is 0 Å². The van der Waals surface area contributed by atoms with E-state index in [0.717, 1.165) is 31.6 Å². The second-order valence-electron chi connectivity index (χ2n) is 4.74. The second-order valence-corrected chi connectivity index (χ2v) is 4.74. The molecule has 1 N–H and O–H groups in total. The van der Waals surface area contributed by atoms with Crippen LogP contribution in [0.15, 0.2) is 18.3 Å². The molecule has 0 atom stereocenters. The number of hydrogen-bond acceptors (Lipinski definition) is 4. The zero-order valence-electron chi connectivity index (χ0n) is 11.6. The van der Waals surface area contributed by atoms with Crippen molar-refractivity contribution in [3.63, 3.8) is 0 Å². The number of piperidine rings is 1. The molecule has 1 aromatic heterocycles. The fourth-order valence-electron chi connectivity index (χ4n) is 2.27. The smallest absolute Gasteiger partial charge is 0.219 e.